The van der Waals surface area contributed by atoms with Gasteiger partial charge in [-0.3, -0.25) is 14.6 Å². The Morgan fingerprint density at radius 3 is 2.38 bits per heavy atom. The maximum atomic E-state index is 13.1. The maximum Gasteiger partial charge on any atom is 0.311 e. The van der Waals surface area contributed by atoms with E-state index in [9.17, 15) is 14.0 Å². The molecule has 2 N–H and O–H groups in total. The summed E-state index contributed by atoms with van der Waals surface area (Å²) in [5.41, 5.74) is 7.19. The zero-order chi connectivity index (χ0) is 20.6. The quantitative estimate of drug-likeness (QED) is 0.593. The molecule has 148 valence electrons. The summed E-state index contributed by atoms with van der Waals surface area (Å²) < 4.78 is 24.2. The fraction of sp³-hybridized carbons (Fsp3) is 0.136. The van der Waals surface area contributed by atoms with E-state index < -0.39 is 23.8 Å². The van der Waals surface area contributed by atoms with Crippen molar-refractivity contribution >= 4 is 11.9 Å². The number of nitrogens with two attached hydrogens (primary N) is 1. The largest absolute Gasteiger partial charge is 0.489 e. The van der Waals surface area contributed by atoms with E-state index in [-0.39, 0.29) is 6.42 Å². The lowest BCUT2D eigenvalue weighted by Gasteiger charge is -2.16. The van der Waals surface area contributed by atoms with Gasteiger partial charge in [-0.2, -0.15) is 0 Å². The SMILES string of the molecule is NC(=O)C(OC(=O)Cc1ccccc1OCc1ccncc1)c1ccc(F)cc1. The van der Waals surface area contributed by atoms with E-state index in [1.807, 2.05) is 12.1 Å². The molecule has 1 amide bonds. The van der Waals surface area contributed by atoms with E-state index in [4.69, 9.17) is 15.2 Å². The Morgan fingerprint density at radius 1 is 1.00 bits per heavy atom. The summed E-state index contributed by atoms with van der Waals surface area (Å²) in [5, 5.41) is 0. The minimum Gasteiger partial charge on any atom is -0.489 e. The third kappa shape index (κ3) is 5.62. The standard InChI is InChI=1S/C22H19FN2O4/c23-18-7-5-16(6-8-18)21(22(24)27)29-20(26)13-17-3-1-2-4-19(17)28-14-15-9-11-25-12-10-15/h1-12,21H,13-14H2,(H2,24,27). The van der Waals surface area contributed by atoms with Gasteiger partial charge in [-0.15, -0.1) is 0 Å². The number of benzene rings is 2. The van der Waals surface area contributed by atoms with Crippen molar-refractivity contribution in [2.45, 2.75) is 19.1 Å². The normalized spacial score (nSPS) is 11.5. The van der Waals surface area contributed by atoms with Crippen LogP contribution in [0.25, 0.3) is 0 Å². The minimum atomic E-state index is -1.30. The first-order valence-electron chi connectivity index (χ1n) is 8.87. The van der Waals surface area contributed by atoms with Gasteiger partial charge in [0.2, 0.25) is 6.10 Å². The third-order valence-electron chi connectivity index (χ3n) is 4.13. The van der Waals surface area contributed by atoms with Gasteiger partial charge in [0.15, 0.2) is 0 Å². The van der Waals surface area contributed by atoms with Crippen molar-refractivity contribution in [2.75, 3.05) is 0 Å². The average molecular weight is 394 g/mol. The molecule has 0 aliphatic carbocycles. The van der Waals surface area contributed by atoms with Crippen LogP contribution < -0.4 is 10.5 Å². The van der Waals surface area contributed by atoms with Crippen molar-refractivity contribution in [2.24, 2.45) is 5.73 Å². The Hall–Kier alpha value is -3.74. The second kappa shape index (κ2) is 9.45. The number of nitrogens with zero attached hydrogens (tertiary/aromatic N) is 1. The molecule has 3 rings (SSSR count). The number of ether oxygens (including phenoxy) is 2. The second-order valence-electron chi connectivity index (χ2n) is 6.25. The number of esters is 1. The first-order chi connectivity index (χ1) is 14.0. The Labute approximate surface area is 167 Å². The van der Waals surface area contributed by atoms with Crippen LogP contribution in [0.4, 0.5) is 4.39 Å². The van der Waals surface area contributed by atoms with E-state index >= 15 is 0 Å². The van der Waals surface area contributed by atoms with Crippen LogP contribution in [-0.4, -0.2) is 16.9 Å². The Morgan fingerprint density at radius 2 is 1.69 bits per heavy atom. The number of carbonyl (C=O) groups excluding carboxylic acids is 2. The highest BCUT2D eigenvalue weighted by Gasteiger charge is 2.23. The zero-order valence-electron chi connectivity index (χ0n) is 15.5. The molecule has 1 atom stereocenters. The minimum absolute atomic E-state index is 0.114. The Bertz CT molecular complexity index is 978. The maximum absolute atomic E-state index is 13.1. The molecule has 0 fully saturated rings. The number of hydrogen-bond acceptors (Lipinski definition) is 5. The average Bonchev–Trinajstić information content (AvgIpc) is 2.73. The van der Waals surface area contributed by atoms with Crippen molar-refractivity contribution in [3.63, 3.8) is 0 Å². The molecule has 0 aliphatic rings. The van der Waals surface area contributed by atoms with Crippen molar-refractivity contribution in [3.05, 3.63) is 95.6 Å². The molecule has 7 heteroatoms. The summed E-state index contributed by atoms with van der Waals surface area (Å²) in [6.07, 6.45) is 1.92. The molecule has 0 bridgehead atoms. The van der Waals surface area contributed by atoms with Crippen molar-refractivity contribution in [1.82, 2.24) is 4.98 Å². The number of pyridine rings is 1. The van der Waals surface area contributed by atoms with Gasteiger partial charge in [0.25, 0.3) is 5.91 Å². The molecule has 0 aliphatic heterocycles. The van der Waals surface area contributed by atoms with E-state index in [1.54, 1.807) is 36.7 Å². The highest BCUT2D eigenvalue weighted by molar-refractivity contribution is 5.84. The summed E-state index contributed by atoms with van der Waals surface area (Å²) in [4.78, 5) is 28.1. The molecule has 1 aromatic heterocycles. The molecular weight excluding hydrogens is 375 g/mol. The van der Waals surface area contributed by atoms with E-state index in [1.165, 1.54) is 24.3 Å². The lowest BCUT2D eigenvalue weighted by molar-refractivity contribution is -0.154. The zero-order valence-corrected chi connectivity index (χ0v) is 15.5. The van der Waals surface area contributed by atoms with Crippen LogP contribution in [0.5, 0.6) is 5.75 Å². The summed E-state index contributed by atoms with van der Waals surface area (Å²) in [6.45, 7) is 0.314. The van der Waals surface area contributed by atoms with Gasteiger partial charge >= 0.3 is 5.97 Å². The number of hydrogen-bond donors (Lipinski definition) is 1. The monoisotopic (exact) mass is 394 g/mol. The van der Waals surface area contributed by atoms with Gasteiger partial charge in [-0.1, -0.05) is 30.3 Å². The van der Waals surface area contributed by atoms with Crippen molar-refractivity contribution in [1.29, 1.82) is 0 Å². The van der Waals surface area contributed by atoms with Crippen LogP contribution in [0, 0.1) is 5.82 Å². The van der Waals surface area contributed by atoms with Gasteiger partial charge in [0.05, 0.1) is 6.42 Å². The summed E-state index contributed by atoms with van der Waals surface area (Å²) >= 11 is 0. The van der Waals surface area contributed by atoms with Crippen LogP contribution in [0.3, 0.4) is 0 Å². The third-order valence-corrected chi connectivity index (χ3v) is 4.13. The van der Waals surface area contributed by atoms with Gasteiger partial charge < -0.3 is 15.2 Å². The topological polar surface area (TPSA) is 91.5 Å². The van der Waals surface area contributed by atoms with Gasteiger partial charge in [-0.25, -0.2) is 4.39 Å². The van der Waals surface area contributed by atoms with Crippen LogP contribution in [0.2, 0.25) is 0 Å². The molecule has 6 nitrogen and oxygen atoms in total. The lowest BCUT2D eigenvalue weighted by atomic mass is 10.1. The summed E-state index contributed by atoms with van der Waals surface area (Å²) in [6, 6.07) is 15.7. The fourth-order valence-electron chi connectivity index (χ4n) is 2.69. The number of aromatic nitrogens is 1. The number of carbonyl (C=O) groups is 2. The number of halogens is 1. The smallest absolute Gasteiger partial charge is 0.311 e. The molecule has 1 heterocycles. The van der Waals surface area contributed by atoms with Crippen LogP contribution in [0.15, 0.2) is 73.1 Å². The van der Waals surface area contributed by atoms with Crippen LogP contribution in [0.1, 0.15) is 22.8 Å². The van der Waals surface area contributed by atoms with E-state index in [0.717, 1.165) is 5.56 Å². The highest BCUT2D eigenvalue weighted by atomic mass is 19.1. The number of amides is 1. The predicted octanol–water partition coefficient (Wildman–Crippen LogP) is 3.11. The Kier molecular flexibility index (Phi) is 6.52. The van der Waals surface area contributed by atoms with Crippen LogP contribution >= 0.6 is 0 Å². The molecule has 0 saturated heterocycles. The van der Waals surface area contributed by atoms with E-state index in [0.29, 0.717) is 23.5 Å². The highest BCUT2D eigenvalue weighted by Crippen LogP contribution is 2.23. The van der Waals surface area contributed by atoms with Gasteiger partial charge in [-0.05, 0) is 35.9 Å². The van der Waals surface area contributed by atoms with E-state index in [2.05, 4.69) is 4.98 Å². The molecule has 29 heavy (non-hydrogen) atoms. The first kappa shape index (κ1) is 20.0. The molecule has 0 spiro atoms. The van der Waals surface area contributed by atoms with Gasteiger partial charge in [0.1, 0.15) is 18.2 Å². The molecule has 1 unspecified atom stereocenters. The molecule has 3 aromatic rings. The molecule has 2 aromatic carbocycles. The predicted molar refractivity (Wildman–Crippen MR) is 103 cm³/mol. The van der Waals surface area contributed by atoms with Crippen LogP contribution in [-0.2, 0) is 27.4 Å². The number of para-hydroxylation sites is 1. The van der Waals surface area contributed by atoms with Gasteiger partial charge in [0, 0.05) is 23.5 Å². The lowest BCUT2D eigenvalue weighted by Crippen LogP contribution is -2.27. The van der Waals surface area contributed by atoms with Crippen molar-refractivity contribution in [3.8, 4) is 5.75 Å². The summed E-state index contributed by atoms with van der Waals surface area (Å²) in [5.74, 6) is -1.44. The number of rotatable bonds is 8. The first-order valence-corrected chi connectivity index (χ1v) is 8.87. The number of primary amides is 1. The second-order valence-corrected chi connectivity index (χ2v) is 6.25. The fourth-order valence-corrected chi connectivity index (χ4v) is 2.69. The molecular formula is C22H19FN2O4. The molecule has 0 radical (unpaired) electrons. The summed E-state index contributed by atoms with van der Waals surface area (Å²) in [7, 11) is 0. The molecule has 0 saturated carbocycles. The van der Waals surface area contributed by atoms with Crippen molar-refractivity contribution < 1.29 is 23.5 Å². The Balaban J connectivity index is 1.68.